The van der Waals surface area contributed by atoms with Crippen LogP contribution in [0, 0.1) is 6.92 Å². The number of piperazine rings is 1. The van der Waals surface area contributed by atoms with Crippen molar-refractivity contribution in [3.8, 4) is 0 Å². The third-order valence-electron chi connectivity index (χ3n) is 3.65. The molecule has 0 aromatic heterocycles. The predicted octanol–water partition coefficient (Wildman–Crippen LogP) is 0.628. The first-order valence-electron chi connectivity index (χ1n) is 6.96. The number of rotatable bonds is 3. The highest BCUT2D eigenvalue weighted by Crippen LogP contribution is 2.13. The van der Waals surface area contributed by atoms with Gasteiger partial charge in [-0.2, -0.15) is 0 Å². The molecular weight excluding hydrogens is 254 g/mol. The lowest BCUT2D eigenvalue weighted by Crippen LogP contribution is -2.50. The van der Waals surface area contributed by atoms with E-state index in [-0.39, 0.29) is 11.8 Å². The molecule has 0 unspecified atom stereocenters. The zero-order chi connectivity index (χ0) is 14.5. The highest BCUT2D eigenvalue weighted by Gasteiger charge is 2.24. The lowest BCUT2D eigenvalue weighted by molar-refractivity contribution is -0.132. The number of carbonyl (C=O) groups is 2. The summed E-state index contributed by atoms with van der Waals surface area (Å²) in [6.45, 7) is 4.68. The van der Waals surface area contributed by atoms with E-state index in [1.807, 2.05) is 36.1 Å². The minimum atomic E-state index is 0.0500. The topological polar surface area (TPSA) is 66.6 Å². The SMILES string of the molecule is Cc1ccccc1C(=O)N1CCN(C(=O)CCN)CC1. The fourth-order valence-corrected chi connectivity index (χ4v) is 2.42. The normalized spacial score (nSPS) is 15.3. The van der Waals surface area contributed by atoms with Crippen molar-refractivity contribution < 1.29 is 9.59 Å². The molecule has 5 nitrogen and oxygen atoms in total. The number of nitrogens with zero attached hydrogens (tertiary/aromatic N) is 2. The van der Waals surface area contributed by atoms with Crippen molar-refractivity contribution in [3.63, 3.8) is 0 Å². The van der Waals surface area contributed by atoms with E-state index in [0.717, 1.165) is 11.1 Å². The average Bonchev–Trinajstić information content (AvgIpc) is 2.47. The Bertz CT molecular complexity index is 494. The molecule has 108 valence electrons. The van der Waals surface area contributed by atoms with Crippen LogP contribution in [0.2, 0.25) is 0 Å². The maximum atomic E-state index is 12.4. The standard InChI is InChI=1S/C15H21N3O2/c1-12-4-2-3-5-13(12)15(20)18-10-8-17(9-11-18)14(19)6-7-16/h2-5H,6-11,16H2,1H3. The molecule has 1 aliphatic rings. The molecule has 1 aromatic rings. The van der Waals surface area contributed by atoms with Gasteiger partial charge in [-0.1, -0.05) is 18.2 Å². The van der Waals surface area contributed by atoms with E-state index < -0.39 is 0 Å². The van der Waals surface area contributed by atoms with Gasteiger partial charge < -0.3 is 15.5 Å². The molecule has 0 bridgehead atoms. The second-order valence-electron chi connectivity index (χ2n) is 5.03. The van der Waals surface area contributed by atoms with Crippen molar-refractivity contribution in [2.24, 2.45) is 5.73 Å². The Morgan fingerprint density at radius 3 is 2.30 bits per heavy atom. The zero-order valence-corrected chi connectivity index (χ0v) is 11.8. The van der Waals surface area contributed by atoms with Gasteiger partial charge in [-0.25, -0.2) is 0 Å². The van der Waals surface area contributed by atoms with Crippen molar-refractivity contribution in [3.05, 3.63) is 35.4 Å². The van der Waals surface area contributed by atoms with Gasteiger partial charge in [-0.15, -0.1) is 0 Å². The van der Waals surface area contributed by atoms with E-state index in [1.54, 1.807) is 4.90 Å². The fourth-order valence-electron chi connectivity index (χ4n) is 2.42. The van der Waals surface area contributed by atoms with Gasteiger partial charge in [0.2, 0.25) is 5.91 Å². The van der Waals surface area contributed by atoms with E-state index in [1.165, 1.54) is 0 Å². The number of benzene rings is 1. The Morgan fingerprint density at radius 1 is 1.10 bits per heavy atom. The second-order valence-corrected chi connectivity index (χ2v) is 5.03. The molecule has 2 amide bonds. The number of aryl methyl sites for hydroxylation is 1. The lowest BCUT2D eigenvalue weighted by atomic mass is 10.1. The number of hydrogen-bond donors (Lipinski definition) is 1. The van der Waals surface area contributed by atoms with Crippen molar-refractivity contribution in [2.45, 2.75) is 13.3 Å². The average molecular weight is 275 g/mol. The Labute approximate surface area is 119 Å². The Hall–Kier alpha value is -1.88. The van der Waals surface area contributed by atoms with E-state index >= 15 is 0 Å². The molecule has 2 N–H and O–H groups in total. The van der Waals surface area contributed by atoms with E-state index in [9.17, 15) is 9.59 Å². The first-order valence-corrected chi connectivity index (χ1v) is 6.96. The van der Waals surface area contributed by atoms with Gasteiger partial charge in [0.25, 0.3) is 5.91 Å². The first-order chi connectivity index (χ1) is 9.63. The van der Waals surface area contributed by atoms with Gasteiger partial charge >= 0.3 is 0 Å². The largest absolute Gasteiger partial charge is 0.339 e. The van der Waals surface area contributed by atoms with Gasteiger partial charge in [0.15, 0.2) is 0 Å². The maximum absolute atomic E-state index is 12.4. The number of hydrogen-bond acceptors (Lipinski definition) is 3. The summed E-state index contributed by atoms with van der Waals surface area (Å²) in [5.41, 5.74) is 7.12. The van der Waals surface area contributed by atoms with Crippen LogP contribution in [0.15, 0.2) is 24.3 Å². The minimum absolute atomic E-state index is 0.0500. The molecule has 1 heterocycles. The molecule has 1 aliphatic heterocycles. The molecule has 0 saturated carbocycles. The van der Waals surface area contributed by atoms with Crippen LogP contribution < -0.4 is 5.73 Å². The van der Waals surface area contributed by atoms with Gasteiger partial charge in [0.1, 0.15) is 0 Å². The van der Waals surface area contributed by atoms with E-state index in [0.29, 0.717) is 39.1 Å². The predicted molar refractivity (Wildman–Crippen MR) is 77.3 cm³/mol. The smallest absolute Gasteiger partial charge is 0.254 e. The third-order valence-corrected chi connectivity index (χ3v) is 3.65. The minimum Gasteiger partial charge on any atom is -0.339 e. The van der Waals surface area contributed by atoms with Gasteiger partial charge in [-0.3, -0.25) is 9.59 Å². The molecule has 0 aliphatic carbocycles. The Morgan fingerprint density at radius 2 is 1.70 bits per heavy atom. The number of carbonyl (C=O) groups excluding carboxylic acids is 2. The molecule has 0 radical (unpaired) electrons. The van der Waals surface area contributed by atoms with Gasteiger partial charge in [-0.05, 0) is 18.6 Å². The van der Waals surface area contributed by atoms with Crippen molar-refractivity contribution in [2.75, 3.05) is 32.7 Å². The monoisotopic (exact) mass is 275 g/mol. The van der Waals surface area contributed by atoms with Crippen LogP contribution >= 0.6 is 0 Å². The first kappa shape index (κ1) is 14.5. The Kier molecular flexibility index (Phi) is 4.74. The highest BCUT2D eigenvalue weighted by molar-refractivity contribution is 5.95. The highest BCUT2D eigenvalue weighted by atomic mass is 16.2. The molecule has 0 spiro atoms. The second kappa shape index (κ2) is 6.52. The van der Waals surface area contributed by atoms with Crippen LogP contribution in [0.1, 0.15) is 22.3 Å². The van der Waals surface area contributed by atoms with E-state index in [4.69, 9.17) is 5.73 Å². The number of nitrogens with two attached hydrogens (primary N) is 1. The summed E-state index contributed by atoms with van der Waals surface area (Å²) >= 11 is 0. The van der Waals surface area contributed by atoms with Crippen molar-refractivity contribution in [1.82, 2.24) is 9.80 Å². The summed E-state index contributed by atoms with van der Waals surface area (Å²) in [5, 5.41) is 0. The van der Waals surface area contributed by atoms with Crippen LogP contribution in [0.25, 0.3) is 0 Å². The summed E-state index contributed by atoms with van der Waals surface area (Å²) in [6.07, 6.45) is 0.381. The molecule has 5 heteroatoms. The molecule has 1 aromatic carbocycles. The molecule has 1 fully saturated rings. The maximum Gasteiger partial charge on any atom is 0.254 e. The summed E-state index contributed by atoms with van der Waals surface area (Å²) in [5.74, 6) is 0.129. The molecular formula is C15H21N3O2. The number of amides is 2. The van der Waals surface area contributed by atoms with Crippen LogP contribution in [0.3, 0.4) is 0 Å². The quantitative estimate of drug-likeness (QED) is 0.879. The van der Waals surface area contributed by atoms with Crippen molar-refractivity contribution in [1.29, 1.82) is 0 Å². The summed E-state index contributed by atoms with van der Waals surface area (Å²) in [4.78, 5) is 27.8. The molecule has 20 heavy (non-hydrogen) atoms. The van der Waals surface area contributed by atoms with Crippen LogP contribution in [-0.2, 0) is 4.79 Å². The molecule has 1 saturated heterocycles. The fraction of sp³-hybridized carbons (Fsp3) is 0.467. The van der Waals surface area contributed by atoms with Crippen LogP contribution in [-0.4, -0.2) is 54.3 Å². The molecule has 2 rings (SSSR count). The van der Waals surface area contributed by atoms with Gasteiger partial charge in [0, 0.05) is 44.7 Å². The lowest BCUT2D eigenvalue weighted by Gasteiger charge is -2.35. The summed E-state index contributed by atoms with van der Waals surface area (Å²) in [7, 11) is 0. The summed E-state index contributed by atoms with van der Waals surface area (Å²) < 4.78 is 0. The third kappa shape index (κ3) is 3.17. The zero-order valence-electron chi connectivity index (χ0n) is 11.8. The van der Waals surface area contributed by atoms with Crippen LogP contribution in [0.5, 0.6) is 0 Å². The van der Waals surface area contributed by atoms with Gasteiger partial charge in [0.05, 0.1) is 0 Å². The molecule has 0 atom stereocenters. The summed E-state index contributed by atoms with van der Waals surface area (Å²) in [6, 6.07) is 7.59. The Balaban J connectivity index is 1.96. The van der Waals surface area contributed by atoms with Crippen molar-refractivity contribution >= 4 is 11.8 Å². The van der Waals surface area contributed by atoms with E-state index in [2.05, 4.69) is 0 Å². The van der Waals surface area contributed by atoms with Crippen LogP contribution in [0.4, 0.5) is 0 Å².